The molecule has 2 heterocycles. The summed E-state index contributed by atoms with van der Waals surface area (Å²) >= 11 is 0. The topological polar surface area (TPSA) is 43.3 Å². The van der Waals surface area contributed by atoms with Crippen LogP contribution in [0.2, 0.25) is 0 Å². The lowest BCUT2D eigenvalue weighted by molar-refractivity contribution is 0.543. The van der Waals surface area contributed by atoms with Crippen molar-refractivity contribution < 1.29 is 0 Å². The molecular formula is C12H17N3. The van der Waals surface area contributed by atoms with Crippen LogP contribution in [0.25, 0.3) is 5.52 Å². The molecular weight excluding hydrogens is 186 g/mol. The highest BCUT2D eigenvalue weighted by molar-refractivity contribution is 5.67. The highest BCUT2D eigenvalue weighted by Gasteiger charge is 2.21. The normalized spacial score (nSPS) is 12.3. The van der Waals surface area contributed by atoms with E-state index in [1.54, 1.807) is 0 Å². The summed E-state index contributed by atoms with van der Waals surface area (Å²) in [6.45, 7) is 8.50. The molecule has 80 valence electrons. The summed E-state index contributed by atoms with van der Waals surface area (Å²) in [5.74, 6) is 1.62. The van der Waals surface area contributed by atoms with Crippen molar-refractivity contribution in [3.63, 3.8) is 0 Å². The van der Waals surface area contributed by atoms with E-state index in [0.717, 1.165) is 11.3 Å². The predicted molar refractivity (Wildman–Crippen MR) is 63.0 cm³/mol. The Labute approximate surface area is 89.9 Å². The number of nitrogen functional groups attached to an aromatic ring is 1. The lowest BCUT2D eigenvalue weighted by Gasteiger charge is -2.16. The average Bonchev–Trinajstić information content (AvgIpc) is 2.42. The third-order valence-corrected chi connectivity index (χ3v) is 2.48. The third-order valence-electron chi connectivity index (χ3n) is 2.48. The lowest BCUT2D eigenvalue weighted by atomic mass is 9.96. The van der Waals surface area contributed by atoms with Crippen LogP contribution in [-0.4, -0.2) is 9.38 Å². The smallest absolute Gasteiger partial charge is 0.149 e. The number of pyridine rings is 1. The van der Waals surface area contributed by atoms with E-state index in [9.17, 15) is 0 Å². The average molecular weight is 203 g/mol. The van der Waals surface area contributed by atoms with Crippen LogP contribution < -0.4 is 5.73 Å². The zero-order valence-electron chi connectivity index (χ0n) is 9.70. The number of aryl methyl sites for hydroxylation is 1. The molecule has 0 atom stereocenters. The van der Waals surface area contributed by atoms with E-state index < -0.39 is 0 Å². The van der Waals surface area contributed by atoms with Crippen molar-refractivity contribution in [2.75, 3.05) is 5.73 Å². The Morgan fingerprint density at radius 1 is 1.27 bits per heavy atom. The molecule has 0 radical (unpaired) electrons. The highest BCUT2D eigenvalue weighted by Crippen LogP contribution is 2.25. The van der Waals surface area contributed by atoms with Crippen molar-refractivity contribution in [2.24, 2.45) is 0 Å². The van der Waals surface area contributed by atoms with Crippen molar-refractivity contribution >= 4 is 11.3 Å². The number of nitrogens with two attached hydrogens (primary N) is 1. The maximum Gasteiger partial charge on any atom is 0.149 e. The summed E-state index contributed by atoms with van der Waals surface area (Å²) in [4.78, 5) is 4.44. The first-order chi connectivity index (χ1) is 6.89. The molecule has 2 N–H and O–H groups in total. The molecule has 0 aliphatic rings. The zero-order valence-corrected chi connectivity index (χ0v) is 9.70. The van der Waals surface area contributed by atoms with Crippen LogP contribution in [0.5, 0.6) is 0 Å². The summed E-state index contributed by atoms with van der Waals surface area (Å²) in [6.07, 6.45) is 2.08. The second-order valence-electron chi connectivity index (χ2n) is 5.03. The quantitative estimate of drug-likeness (QED) is 0.715. The number of fused-ring (bicyclic) bond motifs is 1. The van der Waals surface area contributed by atoms with E-state index in [4.69, 9.17) is 5.73 Å². The van der Waals surface area contributed by atoms with Gasteiger partial charge in [-0.25, -0.2) is 4.98 Å². The summed E-state index contributed by atoms with van der Waals surface area (Å²) < 4.78 is 2.09. The zero-order chi connectivity index (χ0) is 11.2. The van der Waals surface area contributed by atoms with E-state index >= 15 is 0 Å². The number of aromatic nitrogens is 2. The Kier molecular flexibility index (Phi) is 2.00. The number of nitrogens with zero attached hydrogens (tertiary/aromatic N) is 2. The van der Waals surface area contributed by atoms with Gasteiger partial charge in [-0.05, 0) is 18.6 Å². The van der Waals surface area contributed by atoms with Gasteiger partial charge in [-0.3, -0.25) is 0 Å². The molecule has 0 aromatic carbocycles. The van der Waals surface area contributed by atoms with E-state index in [2.05, 4.69) is 49.3 Å². The minimum absolute atomic E-state index is 0.00826. The van der Waals surface area contributed by atoms with Crippen LogP contribution in [0.1, 0.15) is 32.2 Å². The van der Waals surface area contributed by atoms with Crippen LogP contribution >= 0.6 is 0 Å². The molecule has 0 fully saturated rings. The van der Waals surface area contributed by atoms with E-state index in [1.807, 2.05) is 6.07 Å². The monoisotopic (exact) mass is 203 g/mol. The molecule has 0 aliphatic carbocycles. The van der Waals surface area contributed by atoms with E-state index in [1.165, 1.54) is 5.56 Å². The Morgan fingerprint density at radius 2 is 1.93 bits per heavy atom. The minimum atomic E-state index is 0.00826. The molecule has 15 heavy (non-hydrogen) atoms. The van der Waals surface area contributed by atoms with Crippen molar-refractivity contribution in [3.8, 4) is 0 Å². The first-order valence-electron chi connectivity index (χ1n) is 5.14. The molecule has 2 aromatic heterocycles. The fourth-order valence-corrected chi connectivity index (χ4v) is 1.75. The summed E-state index contributed by atoms with van der Waals surface area (Å²) in [7, 11) is 0. The van der Waals surface area contributed by atoms with Gasteiger partial charge in [0.25, 0.3) is 0 Å². The lowest BCUT2D eigenvalue weighted by Crippen LogP contribution is -2.15. The molecule has 0 bridgehead atoms. The van der Waals surface area contributed by atoms with Gasteiger partial charge in [0.15, 0.2) is 0 Å². The van der Waals surface area contributed by atoms with Crippen molar-refractivity contribution in [1.82, 2.24) is 9.38 Å². The SMILES string of the molecule is Cc1ccc2c(N)nc(C(C)(C)C)n2c1. The second-order valence-corrected chi connectivity index (χ2v) is 5.03. The molecule has 2 rings (SSSR count). The molecule has 3 nitrogen and oxygen atoms in total. The van der Waals surface area contributed by atoms with Crippen molar-refractivity contribution in [2.45, 2.75) is 33.1 Å². The van der Waals surface area contributed by atoms with E-state index in [0.29, 0.717) is 5.82 Å². The number of imidazole rings is 1. The Bertz CT molecular complexity index is 503. The number of anilines is 1. The van der Waals surface area contributed by atoms with Crippen LogP contribution in [0, 0.1) is 6.92 Å². The molecule has 2 aromatic rings. The summed E-state index contributed by atoms with van der Waals surface area (Å²) in [6, 6.07) is 4.08. The summed E-state index contributed by atoms with van der Waals surface area (Å²) in [5, 5.41) is 0. The van der Waals surface area contributed by atoms with Gasteiger partial charge in [0.1, 0.15) is 11.6 Å². The van der Waals surface area contributed by atoms with Crippen LogP contribution in [0.3, 0.4) is 0 Å². The van der Waals surface area contributed by atoms with Gasteiger partial charge >= 0.3 is 0 Å². The predicted octanol–water partition coefficient (Wildman–Crippen LogP) is 2.52. The van der Waals surface area contributed by atoms with Crippen molar-refractivity contribution in [3.05, 3.63) is 29.7 Å². The second kappa shape index (κ2) is 2.99. The molecule has 0 amide bonds. The standard InChI is InChI=1S/C12H17N3/c1-8-5-6-9-10(13)14-11(12(2,3)4)15(9)7-8/h5-7H,13H2,1-4H3. The van der Waals surface area contributed by atoms with Gasteiger partial charge in [0.05, 0.1) is 5.52 Å². The maximum atomic E-state index is 5.89. The summed E-state index contributed by atoms with van der Waals surface area (Å²) in [5.41, 5.74) is 8.10. The fraction of sp³-hybridized carbons (Fsp3) is 0.417. The largest absolute Gasteiger partial charge is 0.382 e. The molecule has 0 aliphatic heterocycles. The Hall–Kier alpha value is -1.51. The molecule has 0 saturated carbocycles. The Morgan fingerprint density at radius 3 is 2.53 bits per heavy atom. The Balaban J connectivity index is 2.81. The fourth-order valence-electron chi connectivity index (χ4n) is 1.75. The molecule has 0 unspecified atom stereocenters. The number of rotatable bonds is 0. The molecule has 0 spiro atoms. The molecule has 3 heteroatoms. The minimum Gasteiger partial charge on any atom is -0.382 e. The van der Waals surface area contributed by atoms with Gasteiger partial charge in [0.2, 0.25) is 0 Å². The van der Waals surface area contributed by atoms with Gasteiger partial charge in [-0.2, -0.15) is 0 Å². The third kappa shape index (κ3) is 1.58. The van der Waals surface area contributed by atoms with Gasteiger partial charge < -0.3 is 10.1 Å². The van der Waals surface area contributed by atoms with E-state index in [-0.39, 0.29) is 5.41 Å². The van der Waals surface area contributed by atoms with Gasteiger partial charge in [-0.15, -0.1) is 0 Å². The van der Waals surface area contributed by atoms with Crippen LogP contribution in [-0.2, 0) is 5.41 Å². The van der Waals surface area contributed by atoms with Crippen LogP contribution in [0.15, 0.2) is 18.3 Å². The van der Waals surface area contributed by atoms with Gasteiger partial charge in [-0.1, -0.05) is 26.8 Å². The van der Waals surface area contributed by atoms with Crippen molar-refractivity contribution in [1.29, 1.82) is 0 Å². The van der Waals surface area contributed by atoms with Crippen LogP contribution in [0.4, 0.5) is 5.82 Å². The number of hydrogen-bond donors (Lipinski definition) is 1. The van der Waals surface area contributed by atoms with Gasteiger partial charge in [0, 0.05) is 11.6 Å². The number of hydrogen-bond acceptors (Lipinski definition) is 2. The first kappa shape index (κ1) is 10.0. The first-order valence-corrected chi connectivity index (χ1v) is 5.14. The molecule has 0 saturated heterocycles. The maximum absolute atomic E-state index is 5.89. The highest BCUT2D eigenvalue weighted by atomic mass is 15.1.